The van der Waals surface area contributed by atoms with Crippen molar-refractivity contribution in [2.75, 3.05) is 31.1 Å². The van der Waals surface area contributed by atoms with E-state index in [1.807, 2.05) is 22.0 Å². The van der Waals surface area contributed by atoms with Gasteiger partial charge in [-0.05, 0) is 12.3 Å². The first kappa shape index (κ1) is 12.7. The maximum absolute atomic E-state index is 11.7. The molecule has 0 spiro atoms. The van der Waals surface area contributed by atoms with Gasteiger partial charge in [0, 0.05) is 38.8 Å². The highest BCUT2D eigenvalue weighted by Gasteiger charge is 2.30. The van der Waals surface area contributed by atoms with Crippen molar-refractivity contribution >= 4 is 11.6 Å². The molecule has 104 valence electrons. The summed E-state index contributed by atoms with van der Waals surface area (Å²) in [6, 6.07) is 0.477. The first-order valence-electron chi connectivity index (χ1n) is 7.20. The van der Waals surface area contributed by atoms with Crippen molar-refractivity contribution in [3.63, 3.8) is 0 Å². The van der Waals surface area contributed by atoms with Crippen LogP contribution in [0.15, 0.2) is 12.4 Å². The molecule has 0 N–H and O–H groups in total. The van der Waals surface area contributed by atoms with E-state index in [2.05, 4.69) is 23.8 Å². The van der Waals surface area contributed by atoms with E-state index < -0.39 is 0 Å². The number of nitrogens with zero attached hydrogens (tertiary/aromatic N) is 4. The van der Waals surface area contributed by atoms with Gasteiger partial charge >= 0.3 is 0 Å². The van der Waals surface area contributed by atoms with Gasteiger partial charge in [0.2, 0.25) is 5.91 Å². The number of rotatable bonds is 4. The Bertz CT molecular complexity index is 462. The van der Waals surface area contributed by atoms with Gasteiger partial charge in [0.05, 0.1) is 17.9 Å². The van der Waals surface area contributed by atoms with Crippen LogP contribution in [0.5, 0.6) is 0 Å². The average Bonchev–Trinajstić information content (AvgIpc) is 2.90. The Morgan fingerprint density at radius 3 is 2.84 bits per heavy atom. The Morgan fingerprint density at radius 2 is 2.21 bits per heavy atom. The van der Waals surface area contributed by atoms with Crippen molar-refractivity contribution in [1.29, 1.82) is 0 Å². The summed E-state index contributed by atoms with van der Waals surface area (Å²) < 4.78 is 2.03. The van der Waals surface area contributed by atoms with E-state index in [-0.39, 0.29) is 5.91 Å². The molecule has 1 aromatic rings. The minimum Gasteiger partial charge on any atom is -0.309 e. The molecule has 0 radical (unpaired) electrons. The predicted octanol–water partition coefficient (Wildman–Crippen LogP) is 1.52. The summed E-state index contributed by atoms with van der Waals surface area (Å²) in [5, 5.41) is 4.43. The summed E-state index contributed by atoms with van der Waals surface area (Å²) in [6.45, 7) is 8.65. The molecule has 5 heteroatoms. The van der Waals surface area contributed by atoms with E-state index in [0.29, 0.717) is 12.5 Å². The van der Waals surface area contributed by atoms with Gasteiger partial charge in [-0.2, -0.15) is 5.10 Å². The highest BCUT2D eigenvalue weighted by atomic mass is 16.2. The molecule has 1 aromatic heterocycles. The second-order valence-corrected chi connectivity index (χ2v) is 6.09. The number of hydrogen-bond donors (Lipinski definition) is 0. The van der Waals surface area contributed by atoms with Crippen LogP contribution in [0.1, 0.15) is 32.7 Å². The molecule has 1 amide bonds. The Kier molecular flexibility index (Phi) is 3.31. The fourth-order valence-corrected chi connectivity index (χ4v) is 2.96. The summed E-state index contributed by atoms with van der Waals surface area (Å²) in [5.41, 5.74) is 0.963. The standard InChI is InChI=1S/C14H22N4O/c1-11(2)7-16-8-13(9-16)18-10-12(6-15-18)17-5-3-4-14(17)19/h6,10-11,13H,3-5,7-9H2,1-2H3. The van der Waals surface area contributed by atoms with Crippen molar-refractivity contribution in [2.24, 2.45) is 5.92 Å². The molecule has 0 atom stereocenters. The molecule has 2 saturated heterocycles. The molecule has 2 fully saturated rings. The topological polar surface area (TPSA) is 41.4 Å². The van der Waals surface area contributed by atoms with Crippen LogP contribution in [-0.2, 0) is 4.79 Å². The van der Waals surface area contributed by atoms with Crippen LogP contribution in [0.4, 0.5) is 5.69 Å². The number of anilines is 1. The zero-order chi connectivity index (χ0) is 13.4. The zero-order valence-electron chi connectivity index (χ0n) is 11.7. The quantitative estimate of drug-likeness (QED) is 0.826. The number of hydrogen-bond acceptors (Lipinski definition) is 3. The largest absolute Gasteiger partial charge is 0.309 e. The molecular weight excluding hydrogens is 240 g/mol. The fourth-order valence-electron chi connectivity index (χ4n) is 2.96. The lowest BCUT2D eigenvalue weighted by atomic mass is 10.1. The van der Waals surface area contributed by atoms with Crippen LogP contribution in [0.3, 0.4) is 0 Å². The average molecular weight is 262 g/mol. The van der Waals surface area contributed by atoms with Crippen LogP contribution in [-0.4, -0.2) is 46.8 Å². The highest BCUT2D eigenvalue weighted by molar-refractivity contribution is 5.95. The highest BCUT2D eigenvalue weighted by Crippen LogP contribution is 2.25. The van der Waals surface area contributed by atoms with Crippen molar-refractivity contribution in [3.8, 4) is 0 Å². The van der Waals surface area contributed by atoms with Gasteiger partial charge in [0.15, 0.2) is 0 Å². The van der Waals surface area contributed by atoms with Gasteiger partial charge in [0.1, 0.15) is 0 Å². The first-order chi connectivity index (χ1) is 9.13. The van der Waals surface area contributed by atoms with Crippen molar-refractivity contribution < 1.29 is 4.79 Å². The number of amides is 1. The van der Waals surface area contributed by atoms with Gasteiger partial charge in [-0.15, -0.1) is 0 Å². The molecular formula is C14H22N4O. The lowest BCUT2D eigenvalue weighted by molar-refractivity contribution is -0.117. The summed E-state index contributed by atoms with van der Waals surface area (Å²) >= 11 is 0. The maximum atomic E-state index is 11.7. The van der Waals surface area contributed by atoms with Gasteiger partial charge in [0.25, 0.3) is 0 Å². The molecule has 0 saturated carbocycles. The molecule has 0 aromatic carbocycles. The number of carbonyl (C=O) groups excluding carboxylic acids is 1. The third-order valence-electron chi connectivity index (χ3n) is 3.91. The minimum absolute atomic E-state index is 0.231. The SMILES string of the molecule is CC(C)CN1CC(n2cc(N3CCCC3=O)cn2)C1. The second kappa shape index (κ2) is 4.96. The molecule has 5 nitrogen and oxygen atoms in total. The molecule has 0 unspecified atom stereocenters. The molecule has 0 bridgehead atoms. The predicted molar refractivity (Wildman–Crippen MR) is 74.1 cm³/mol. The molecule has 0 aliphatic carbocycles. The van der Waals surface area contributed by atoms with Gasteiger partial charge < -0.3 is 4.90 Å². The van der Waals surface area contributed by atoms with Crippen LogP contribution in [0, 0.1) is 5.92 Å². The third kappa shape index (κ3) is 2.52. The third-order valence-corrected chi connectivity index (χ3v) is 3.91. The maximum Gasteiger partial charge on any atom is 0.227 e. The van der Waals surface area contributed by atoms with Crippen LogP contribution < -0.4 is 4.90 Å². The van der Waals surface area contributed by atoms with E-state index in [0.717, 1.165) is 44.2 Å². The zero-order valence-corrected chi connectivity index (χ0v) is 11.7. The lowest BCUT2D eigenvalue weighted by Gasteiger charge is -2.40. The molecule has 2 aliphatic rings. The Labute approximate surface area is 114 Å². The first-order valence-corrected chi connectivity index (χ1v) is 7.20. The smallest absolute Gasteiger partial charge is 0.227 e. The molecule has 3 heterocycles. The molecule has 19 heavy (non-hydrogen) atoms. The van der Waals surface area contributed by atoms with E-state index in [9.17, 15) is 4.79 Å². The normalized spacial score (nSPS) is 21.4. The van der Waals surface area contributed by atoms with E-state index in [1.54, 1.807) is 0 Å². The van der Waals surface area contributed by atoms with Crippen LogP contribution in [0.2, 0.25) is 0 Å². The van der Waals surface area contributed by atoms with Gasteiger partial charge in [-0.1, -0.05) is 13.8 Å². The minimum atomic E-state index is 0.231. The van der Waals surface area contributed by atoms with Crippen molar-refractivity contribution in [1.82, 2.24) is 14.7 Å². The molecule has 2 aliphatic heterocycles. The number of carbonyl (C=O) groups is 1. The van der Waals surface area contributed by atoms with Gasteiger partial charge in [-0.3, -0.25) is 14.4 Å². The second-order valence-electron chi connectivity index (χ2n) is 6.09. The van der Waals surface area contributed by atoms with Crippen LogP contribution >= 0.6 is 0 Å². The van der Waals surface area contributed by atoms with E-state index in [4.69, 9.17) is 0 Å². The summed E-state index contributed by atoms with van der Waals surface area (Å²) in [7, 11) is 0. The van der Waals surface area contributed by atoms with E-state index in [1.165, 1.54) is 0 Å². The fraction of sp³-hybridized carbons (Fsp3) is 0.714. The van der Waals surface area contributed by atoms with Gasteiger partial charge in [-0.25, -0.2) is 0 Å². The summed E-state index contributed by atoms with van der Waals surface area (Å²) in [4.78, 5) is 16.0. The summed E-state index contributed by atoms with van der Waals surface area (Å²) in [6.07, 6.45) is 5.50. The van der Waals surface area contributed by atoms with Crippen LogP contribution in [0.25, 0.3) is 0 Å². The Hall–Kier alpha value is -1.36. The van der Waals surface area contributed by atoms with E-state index >= 15 is 0 Å². The number of likely N-dealkylation sites (tertiary alicyclic amines) is 1. The Morgan fingerprint density at radius 1 is 1.42 bits per heavy atom. The monoisotopic (exact) mass is 262 g/mol. The Balaban J connectivity index is 1.59. The summed E-state index contributed by atoms with van der Waals surface area (Å²) in [5.74, 6) is 0.950. The van der Waals surface area contributed by atoms with Crippen molar-refractivity contribution in [3.05, 3.63) is 12.4 Å². The van der Waals surface area contributed by atoms with Crippen molar-refractivity contribution in [2.45, 2.75) is 32.7 Å². The molecule has 3 rings (SSSR count). The lowest BCUT2D eigenvalue weighted by Crippen LogP contribution is -2.49. The number of aromatic nitrogens is 2.